The summed E-state index contributed by atoms with van der Waals surface area (Å²) in [5.41, 5.74) is 4.08. The summed E-state index contributed by atoms with van der Waals surface area (Å²) in [5, 5.41) is 14.5. The lowest BCUT2D eigenvalue weighted by Gasteiger charge is -2.08. The molecule has 0 fully saturated rings. The predicted octanol–water partition coefficient (Wildman–Crippen LogP) is 3.85. The molecule has 0 aliphatic heterocycles. The van der Waals surface area contributed by atoms with Crippen LogP contribution in [0.15, 0.2) is 29.6 Å². The molecular formula is C14H14N2S. The number of thiophene rings is 1. The van der Waals surface area contributed by atoms with Crippen molar-refractivity contribution in [3.63, 3.8) is 0 Å². The molecule has 0 saturated heterocycles. The Labute approximate surface area is 106 Å². The van der Waals surface area contributed by atoms with Gasteiger partial charge in [-0.3, -0.25) is 0 Å². The molecule has 0 amide bonds. The Kier molecular flexibility index (Phi) is 3.46. The summed E-state index contributed by atoms with van der Waals surface area (Å²) < 4.78 is 0. The van der Waals surface area contributed by atoms with E-state index in [0.717, 1.165) is 17.8 Å². The molecule has 1 aromatic carbocycles. The summed E-state index contributed by atoms with van der Waals surface area (Å²) in [6, 6.07) is 10.2. The largest absolute Gasteiger partial charge is 0.379 e. The van der Waals surface area contributed by atoms with Gasteiger partial charge >= 0.3 is 0 Å². The molecule has 86 valence electrons. The van der Waals surface area contributed by atoms with Gasteiger partial charge in [-0.05, 0) is 48.6 Å². The minimum absolute atomic E-state index is 0.699. The highest BCUT2D eigenvalue weighted by molar-refractivity contribution is 7.10. The molecule has 2 nitrogen and oxygen atoms in total. The third-order valence-electron chi connectivity index (χ3n) is 2.70. The van der Waals surface area contributed by atoms with E-state index in [1.54, 1.807) is 11.3 Å². The molecular weight excluding hydrogens is 228 g/mol. The molecule has 0 aliphatic carbocycles. The van der Waals surface area contributed by atoms with Crippen molar-refractivity contribution in [2.45, 2.75) is 20.4 Å². The lowest BCUT2D eigenvalue weighted by atomic mass is 10.1. The molecule has 0 radical (unpaired) electrons. The molecule has 3 heteroatoms. The first-order chi connectivity index (χ1) is 8.20. The molecule has 17 heavy (non-hydrogen) atoms. The van der Waals surface area contributed by atoms with Crippen molar-refractivity contribution in [1.82, 2.24) is 0 Å². The molecule has 1 heterocycles. The number of aryl methyl sites for hydroxylation is 2. The van der Waals surface area contributed by atoms with Gasteiger partial charge in [0.2, 0.25) is 0 Å². The molecule has 1 N–H and O–H groups in total. The van der Waals surface area contributed by atoms with Crippen molar-refractivity contribution < 1.29 is 0 Å². The normalized spacial score (nSPS) is 9.94. The van der Waals surface area contributed by atoms with Crippen LogP contribution in [0, 0.1) is 25.2 Å². The number of rotatable bonds is 3. The highest BCUT2D eigenvalue weighted by Crippen LogP contribution is 2.20. The van der Waals surface area contributed by atoms with Crippen LogP contribution in [0.25, 0.3) is 0 Å². The quantitative estimate of drug-likeness (QED) is 0.887. The van der Waals surface area contributed by atoms with Crippen molar-refractivity contribution in [1.29, 1.82) is 5.26 Å². The van der Waals surface area contributed by atoms with Gasteiger partial charge < -0.3 is 5.32 Å². The maximum absolute atomic E-state index is 9.03. The smallest absolute Gasteiger partial charge is 0.101 e. The second-order valence-corrected chi connectivity index (χ2v) is 5.04. The molecule has 0 bridgehead atoms. The van der Waals surface area contributed by atoms with Gasteiger partial charge in [0.25, 0.3) is 0 Å². The molecule has 0 saturated carbocycles. The summed E-state index contributed by atoms with van der Waals surface area (Å²) in [5.74, 6) is 0. The average molecular weight is 242 g/mol. The van der Waals surface area contributed by atoms with E-state index >= 15 is 0 Å². The van der Waals surface area contributed by atoms with Crippen molar-refractivity contribution in [3.8, 4) is 6.07 Å². The number of nitrogens with zero attached hydrogens (tertiary/aromatic N) is 1. The predicted molar refractivity (Wildman–Crippen MR) is 72.3 cm³/mol. The van der Waals surface area contributed by atoms with Crippen molar-refractivity contribution >= 4 is 17.0 Å². The lowest BCUT2D eigenvalue weighted by molar-refractivity contribution is 1.16. The fraction of sp³-hybridized carbons (Fsp3) is 0.214. The Hall–Kier alpha value is -1.79. The molecule has 0 spiro atoms. The van der Waals surface area contributed by atoms with Crippen LogP contribution in [0.5, 0.6) is 0 Å². The van der Waals surface area contributed by atoms with Crippen LogP contribution >= 0.6 is 11.3 Å². The Bertz CT molecular complexity index is 564. The number of benzene rings is 1. The zero-order valence-corrected chi connectivity index (χ0v) is 10.8. The second kappa shape index (κ2) is 5.03. The molecule has 0 aliphatic rings. The fourth-order valence-electron chi connectivity index (χ4n) is 1.66. The molecule has 2 aromatic rings. The maximum Gasteiger partial charge on any atom is 0.101 e. The van der Waals surface area contributed by atoms with Crippen molar-refractivity contribution in [2.75, 3.05) is 5.32 Å². The zero-order chi connectivity index (χ0) is 12.3. The van der Waals surface area contributed by atoms with Crippen LogP contribution in [-0.2, 0) is 6.54 Å². The number of nitrogens with one attached hydrogen (secondary N) is 1. The first kappa shape index (κ1) is 11.7. The third kappa shape index (κ3) is 2.66. The van der Waals surface area contributed by atoms with E-state index in [1.807, 2.05) is 25.1 Å². The van der Waals surface area contributed by atoms with Crippen molar-refractivity contribution in [3.05, 3.63) is 51.2 Å². The van der Waals surface area contributed by atoms with E-state index in [2.05, 4.69) is 29.8 Å². The average Bonchev–Trinajstić information content (AvgIpc) is 2.72. The minimum Gasteiger partial charge on any atom is -0.379 e. The third-order valence-corrected chi connectivity index (χ3v) is 3.73. The Morgan fingerprint density at radius 3 is 2.76 bits per heavy atom. The SMILES string of the molecule is Cc1ccc(C#N)c(NCc2sccc2C)c1. The summed E-state index contributed by atoms with van der Waals surface area (Å²) in [6.45, 7) is 4.92. The summed E-state index contributed by atoms with van der Waals surface area (Å²) in [4.78, 5) is 1.32. The van der Waals surface area contributed by atoms with Crippen LogP contribution in [0.2, 0.25) is 0 Å². The van der Waals surface area contributed by atoms with Gasteiger partial charge in [-0.1, -0.05) is 6.07 Å². The monoisotopic (exact) mass is 242 g/mol. The summed E-state index contributed by atoms with van der Waals surface area (Å²) >= 11 is 1.74. The Morgan fingerprint density at radius 2 is 2.12 bits per heavy atom. The molecule has 0 unspecified atom stereocenters. The molecule has 2 rings (SSSR count). The van der Waals surface area contributed by atoms with Gasteiger partial charge in [0.15, 0.2) is 0 Å². The van der Waals surface area contributed by atoms with Crippen LogP contribution in [0.3, 0.4) is 0 Å². The first-order valence-corrected chi connectivity index (χ1v) is 6.36. The van der Waals surface area contributed by atoms with Crippen molar-refractivity contribution in [2.24, 2.45) is 0 Å². The van der Waals surface area contributed by atoms with Gasteiger partial charge in [-0.15, -0.1) is 11.3 Å². The second-order valence-electron chi connectivity index (χ2n) is 4.04. The Balaban J connectivity index is 2.17. The maximum atomic E-state index is 9.03. The van der Waals surface area contributed by atoms with Crippen LogP contribution in [0.1, 0.15) is 21.6 Å². The van der Waals surface area contributed by atoms with Gasteiger partial charge in [0.05, 0.1) is 11.3 Å². The minimum atomic E-state index is 0.699. The van der Waals surface area contributed by atoms with Crippen LogP contribution in [-0.4, -0.2) is 0 Å². The number of hydrogen-bond donors (Lipinski definition) is 1. The van der Waals surface area contributed by atoms with Gasteiger partial charge in [0.1, 0.15) is 6.07 Å². The Morgan fingerprint density at radius 1 is 1.29 bits per heavy atom. The van der Waals surface area contributed by atoms with Crippen LogP contribution in [0.4, 0.5) is 5.69 Å². The lowest BCUT2D eigenvalue weighted by Crippen LogP contribution is -2.01. The number of nitriles is 1. The number of hydrogen-bond acceptors (Lipinski definition) is 3. The van der Waals surface area contributed by atoms with E-state index < -0.39 is 0 Å². The van der Waals surface area contributed by atoms with E-state index in [0.29, 0.717) is 5.56 Å². The fourth-order valence-corrected chi connectivity index (χ4v) is 2.51. The van der Waals surface area contributed by atoms with Gasteiger partial charge in [0, 0.05) is 11.4 Å². The first-order valence-electron chi connectivity index (χ1n) is 5.48. The highest BCUT2D eigenvalue weighted by Gasteiger charge is 2.04. The molecule has 1 aromatic heterocycles. The van der Waals surface area contributed by atoms with Gasteiger partial charge in [-0.2, -0.15) is 5.26 Å². The number of anilines is 1. The highest BCUT2D eigenvalue weighted by atomic mass is 32.1. The zero-order valence-electron chi connectivity index (χ0n) is 9.95. The van der Waals surface area contributed by atoms with Crippen LogP contribution < -0.4 is 5.32 Å². The van der Waals surface area contributed by atoms with E-state index in [4.69, 9.17) is 5.26 Å². The van der Waals surface area contributed by atoms with E-state index in [9.17, 15) is 0 Å². The molecule has 0 atom stereocenters. The van der Waals surface area contributed by atoms with E-state index in [-0.39, 0.29) is 0 Å². The standard InChI is InChI=1S/C14H14N2S/c1-10-3-4-12(8-15)13(7-10)16-9-14-11(2)5-6-17-14/h3-7,16H,9H2,1-2H3. The summed E-state index contributed by atoms with van der Waals surface area (Å²) in [6.07, 6.45) is 0. The van der Waals surface area contributed by atoms with Gasteiger partial charge in [-0.25, -0.2) is 0 Å². The van der Waals surface area contributed by atoms with E-state index in [1.165, 1.54) is 10.4 Å². The summed E-state index contributed by atoms with van der Waals surface area (Å²) in [7, 11) is 0. The topological polar surface area (TPSA) is 35.8 Å².